The lowest BCUT2D eigenvalue weighted by atomic mass is 10.0. The molecule has 6 nitrogen and oxygen atoms in total. The van der Waals surface area contributed by atoms with E-state index in [0.29, 0.717) is 6.42 Å². The molecule has 0 radical (unpaired) electrons. The number of hydrogen-bond donors (Lipinski definition) is 0. The van der Waals surface area contributed by atoms with Gasteiger partial charge in [0.25, 0.3) is 5.69 Å². The zero-order valence-electron chi connectivity index (χ0n) is 19.0. The number of nitrogens with zero attached hydrogens (tertiary/aromatic N) is 4. The van der Waals surface area contributed by atoms with Gasteiger partial charge >= 0.3 is 0 Å². The van der Waals surface area contributed by atoms with Crippen molar-refractivity contribution in [3.8, 4) is 11.1 Å². The Kier molecular flexibility index (Phi) is 7.04. The van der Waals surface area contributed by atoms with Crippen molar-refractivity contribution in [3.63, 3.8) is 0 Å². The Hall–Kier alpha value is -3.97. The highest BCUT2D eigenvalue weighted by molar-refractivity contribution is 8.02. The molecule has 0 N–H and O–H groups in total. The Morgan fingerprint density at radius 2 is 2.03 bits per heavy atom. The van der Waals surface area contributed by atoms with Gasteiger partial charge in [-0.2, -0.15) is 0 Å². The first kappa shape index (κ1) is 23.2. The van der Waals surface area contributed by atoms with Crippen LogP contribution in [0.4, 0.5) is 5.69 Å². The van der Waals surface area contributed by atoms with Gasteiger partial charge in [-0.3, -0.25) is 19.1 Å². The minimum Gasteiger partial charge on any atom is -0.270 e. The summed E-state index contributed by atoms with van der Waals surface area (Å²) in [6, 6.07) is 12.8. The summed E-state index contributed by atoms with van der Waals surface area (Å²) >= 11 is 1.57. The fourth-order valence-electron chi connectivity index (χ4n) is 3.56. The van der Waals surface area contributed by atoms with Crippen LogP contribution in [-0.2, 0) is 6.42 Å². The van der Waals surface area contributed by atoms with Crippen molar-refractivity contribution >= 4 is 28.7 Å². The van der Waals surface area contributed by atoms with E-state index in [0.717, 1.165) is 43.8 Å². The molecule has 0 aliphatic heterocycles. The Bertz CT molecular complexity index is 1420. The highest BCUT2D eigenvalue weighted by Crippen LogP contribution is 2.32. The second-order valence-corrected chi connectivity index (χ2v) is 8.93. The summed E-state index contributed by atoms with van der Waals surface area (Å²) in [5.74, 6) is 0. The van der Waals surface area contributed by atoms with E-state index in [9.17, 15) is 10.1 Å². The van der Waals surface area contributed by atoms with Crippen LogP contribution in [0.15, 0.2) is 103 Å². The number of hydrogen-bond acceptors (Lipinski definition) is 5. The fourth-order valence-corrected chi connectivity index (χ4v) is 4.43. The van der Waals surface area contributed by atoms with Crippen molar-refractivity contribution in [1.82, 2.24) is 13.9 Å². The second-order valence-electron chi connectivity index (χ2n) is 7.88. The number of benzene rings is 1. The van der Waals surface area contributed by atoms with E-state index in [1.807, 2.05) is 66.6 Å². The Balaban J connectivity index is 1.79. The Labute approximate surface area is 202 Å². The maximum atomic E-state index is 11.3. The molecule has 0 spiro atoms. The van der Waals surface area contributed by atoms with Crippen molar-refractivity contribution in [2.24, 2.45) is 0 Å². The first-order chi connectivity index (χ1) is 16.4. The average Bonchev–Trinajstić information content (AvgIpc) is 3.18. The normalized spacial score (nSPS) is 11.9. The van der Waals surface area contributed by atoms with Gasteiger partial charge in [-0.05, 0) is 61.6 Å². The molecule has 34 heavy (non-hydrogen) atoms. The standard InChI is InChI=1S/C27H24N4O2S/c1-4-25(11-10-19(2)3)34-30-18-23(13-20-7-5-9-24(14-20)31(32)33)26-15-22(17-29-27(26)30)21-8-6-12-28-16-21/h4-12,14-18H,2,13H2,1,3H3/b11-10-,25-4+. The largest absolute Gasteiger partial charge is 0.270 e. The Morgan fingerprint density at radius 3 is 2.74 bits per heavy atom. The SMILES string of the molecule is C=C(C)/C=C\C(=C/C)Sn1cc(Cc2cccc([N+](=O)[O-])c2)c2cc(-c3cccnc3)cnc21. The number of aromatic nitrogens is 3. The van der Waals surface area contributed by atoms with Gasteiger partial charge in [0.1, 0.15) is 0 Å². The molecule has 0 atom stereocenters. The van der Waals surface area contributed by atoms with E-state index < -0.39 is 0 Å². The maximum Gasteiger partial charge on any atom is 0.269 e. The number of fused-ring (bicyclic) bond motifs is 1. The minimum absolute atomic E-state index is 0.0888. The smallest absolute Gasteiger partial charge is 0.269 e. The van der Waals surface area contributed by atoms with Crippen LogP contribution in [0.5, 0.6) is 0 Å². The fraction of sp³-hybridized carbons (Fsp3) is 0.111. The lowest BCUT2D eigenvalue weighted by Crippen LogP contribution is -1.92. The number of nitro groups is 1. The van der Waals surface area contributed by atoms with Crippen LogP contribution in [0, 0.1) is 10.1 Å². The molecule has 0 saturated carbocycles. The van der Waals surface area contributed by atoms with Crippen LogP contribution >= 0.6 is 11.9 Å². The molecule has 170 valence electrons. The van der Waals surface area contributed by atoms with Gasteiger partial charge in [0.05, 0.1) is 4.92 Å². The first-order valence-electron chi connectivity index (χ1n) is 10.8. The van der Waals surface area contributed by atoms with Gasteiger partial charge in [0.2, 0.25) is 0 Å². The predicted molar refractivity (Wildman–Crippen MR) is 140 cm³/mol. The van der Waals surface area contributed by atoms with Crippen molar-refractivity contribution in [2.75, 3.05) is 0 Å². The second kappa shape index (κ2) is 10.3. The molecular formula is C27H24N4O2S. The van der Waals surface area contributed by atoms with Gasteiger partial charge in [-0.1, -0.05) is 42.5 Å². The summed E-state index contributed by atoms with van der Waals surface area (Å²) in [7, 11) is 0. The third-order valence-electron chi connectivity index (χ3n) is 5.23. The van der Waals surface area contributed by atoms with Gasteiger partial charge in [0, 0.05) is 58.3 Å². The molecule has 3 aromatic heterocycles. The molecule has 4 rings (SSSR count). The van der Waals surface area contributed by atoms with Gasteiger partial charge in [-0.25, -0.2) is 4.98 Å². The molecular weight excluding hydrogens is 444 g/mol. The molecule has 0 unspecified atom stereocenters. The molecule has 4 aromatic rings. The predicted octanol–water partition coefficient (Wildman–Crippen LogP) is 7.13. The third-order valence-corrected chi connectivity index (χ3v) is 6.28. The van der Waals surface area contributed by atoms with Crippen molar-refractivity contribution in [2.45, 2.75) is 20.3 Å². The van der Waals surface area contributed by atoms with Crippen molar-refractivity contribution in [1.29, 1.82) is 0 Å². The van der Waals surface area contributed by atoms with E-state index in [2.05, 4.69) is 23.8 Å². The zero-order chi connectivity index (χ0) is 24.1. The summed E-state index contributed by atoms with van der Waals surface area (Å²) in [6.45, 7) is 7.88. The number of nitro benzene ring substituents is 1. The van der Waals surface area contributed by atoms with Crippen LogP contribution in [0.25, 0.3) is 22.2 Å². The van der Waals surface area contributed by atoms with Crippen LogP contribution in [-0.4, -0.2) is 18.9 Å². The molecule has 0 saturated heterocycles. The van der Waals surface area contributed by atoms with E-state index in [4.69, 9.17) is 4.98 Å². The number of allylic oxidation sites excluding steroid dienone is 4. The van der Waals surface area contributed by atoms with Crippen molar-refractivity contribution in [3.05, 3.63) is 124 Å². The topological polar surface area (TPSA) is 73.8 Å². The van der Waals surface area contributed by atoms with E-state index >= 15 is 0 Å². The molecule has 3 heterocycles. The van der Waals surface area contributed by atoms with E-state index in [-0.39, 0.29) is 10.6 Å². The quantitative estimate of drug-likeness (QED) is 0.156. The van der Waals surface area contributed by atoms with E-state index in [1.165, 1.54) is 6.07 Å². The summed E-state index contributed by atoms with van der Waals surface area (Å²) in [5, 5.41) is 12.3. The first-order valence-corrected chi connectivity index (χ1v) is 11.5. The van der Waals surface area contributed by atoms with Gasteiger partial charge in [0.15, 0.2) is 5.65 Å². The van der Waals surface area contributed by atoms with Crippen LogP contribution in [0.2, 0.25) is 0 Å². The van der Waals surface area contributed by atoms with Gasteiger partial charge in [-0.15, -0.1) is 0 Å². The van der Waals surface area contributed by atoms with Gasteiger partial charge < -0.3 is 0 Å². The molecule has 0 aliphatic carbocycles. The number of rotatable bonds is 8. The highest BCUT2D eigenvalue weighted by atomic mass is 32.2. The Morgan fingerprint density at radius 1 is 1.18 bits per heavy atom. The van der Waals surface area contributed by atoms with Crippen LogP contribution in [0.1, 0.15) is 25.0 Å². The summed E-state index contributed by atoms with van der Waals surface area (Å²) < 4.78 is 2.05. The third kappa shape index (κ3) is 5.32. The summed E-state index contributed by atoms with van der Waals surface area (Å²) in [6.07, 6.45) is 14.1. The van der Waals surface area contributed by atoms with E-state index in [1.54, 1.807) is 30.3 Å². The van der Waals surface area contributed by atoms with Crippen LogP contribution < -0.4 is 0 Å². The molecule has 1 aromatic carbocycles. The van der Waals surface area contributed by atoms with Crippen LogP contribution in [0.3, 0.4) is 0 Å². The average molecular weight is 469 g/mol. The lowest BCUT2D eigenvalue weighted by molar-refractivity contribution is -0.384. The molecule has 0 amide bonds. The molecule has 0 aliphatic rings. The monoisotopic (exact) mass is 468 g/mol. The maximum absolute atomic E-state index is 11.3. The number of pyridine rings is 2. The highest BCUT2D eigenvalue weighted by Gasteiger charge is 2.15. The summed E-state index contributed by atoms with van der Waals surface area (Å²) in [4.78, 5) is 21.0. The van der Waals surface area contributed by atoms with Crippen molar-refractivity contribution < 1.29 is 4.92 Å². The molecule has 0 bridgehead atoms. The lowest BCUT2D eigenvalue weighted by Gasteiger charge is -2.05. The minimum atomic E-state index is -0.364. The molecule has 0 fully saturated rings. The zero-order valence-corrected chi connectivity index (χ0v) is 19.8. The number of non-ortho nitro benzene ring substituents is 1. The molecule has 7 heteroatoms. The summed E-state index contributed by atoms with van der Waals surface area (Å²) in [5.41, 5.74) is 5.77.